The first-order valence-electron chi connectivity index (χ1n) is 9.09. The molecule has 2 heterocycles. The van der Waals surface area contributed by atoms with Crippen LogP contribution in [0.25, 0.3) is 0 Å². The van der Waals surface area contributed by atoms with Gasteiger partial charge in [0.15, 0.2) is 0 Å². The number of carbonyl (C=O) groups excluding carboxylic acids is 2. The van der Waals surface area contributed by atoms with Crippen LogP contribution in [0.2, 0.25) is 0 Å². The molecule has 0 bridgehead atoms. The lowest BCUT2D eigenvalue weighted by atomic mass is 10.2. The zero-order valence-corrected chi connectivity index (χ0v) is 16.5. The lowest BCUT2D eigenvalue weighted by Crippen LogP contribution is -2.45. The summed E-state index contributed by atoms with van der Waals surface area (Å²) in [5.74, 6) is -1.44. The molecular weight excluding hydrogens is 411 g/mol. The number of sulfonamides is 1. The van der Waals surface area contributed by atoms with E-state index in [1.807, 2.05) is 0 Å². The van der Waals surface area contributed by atoms with Crippen LogP contribution in [-0.2, 0) is 26.2 Å². The van der Waals surface area contributed by atoms with Crippen LogP contribution in [0.15, 0.2) is 82.3 Å². The predicted octanol–water partition coefficient (Wildman–Crippen LogP) is 2.94. The molecule has 7 nitrogen and oxygen atoms in total. The second-order valence-corrected chi connectivity index (χ2v) is 8.60. The molecule has 3 aromatic rings. The van der Waals surface area contributed by atoms with Crippen molar-refractivity contribution in [3.8, 4) is 0 Å². The first-order chi connectivity index (χ1) is 14.4. The predicted molar refractivity (Wildman–Crippen MR) is 105 cm³/mol. The molecule has 0 aliphatic carbocycles. The normalized spacial score (nSPS) is 17.1. The van der Waals surface area contributed by atoms with Gasteiger partial charge in [0, 0.05) is 0 Å². The highest BCUT2D eigenvalue weighted by Gasteiger charge is 2.47. The SMILES string of the molecule is O=C1CC(N(Cc2ccco2)S(=O)(=O)c2ccc(F)cc2)C(=O)N1c1ccccc1. The third kappa shape index (κ3) is 3.64. The summed E-state index contributed by atoms with van der Waals surface area (Å²) >= 11 is 0. The number of anilines is 1. The van der Waals surface area contributed by atoms with E-state index in [2.05, 4.69) is 0 Å². The van der Waals surface area contributed by atoms with Crippen molar-refractivity contribution in [1.82, 2.24) is 4.31 Å². The van der Waals surface area contributed by atoms with Gasteiger partial charge in [-0.15, -0.1) is 0 Å². The average Bonchev–Trinajstić information content (AvgIpc) is 3.34. The standard InChI is InChI=1S/C21H17FN2O5S/c22-15-8-10-18(11-9-15)30(27,28)23(14-17-7-4-12-29-17)19-13-20(25)24(21(19)26)16-5-2-1-3-6-16/h1-12,19H,13-14H2. The van der Waals surface area contributed by atoms with Crippen molar-refractivity contribution in [3.63, 3.8) is 0 Å². The molecule has 4 rings (SSSR count). The number of imide groups is 1. The summed E-state index contributed by atoms with van der Waals surface area (Å²) in [5, 5.41) is 0. The molecule has 9 heteroatoms. The minimum atomic E-state index is -4.23. The summed E-state index contributed by atoms with van der Waals surface area (Å²) < 4.78 is 46.2. The van der Waals surface area contributed by atoms with Gasteiger partial charge >= 0.3 is 0 Å². The summed E-state index contributed by atoms with van der Waals surface area (Å²) in [7, 11) is -4.23. The van der Waals surface area contributed by atoms with Crippen molar-refractivity contribution in [3.05, 3.63) is 84.6 Å². The Hall–Kier alpha value is -3.30. The molecule has 1 unspecified atom stereocenters. The van der Waals surface area contributed by atoms with E-state index in [1.54, 1.807) is 42.5 Å². The van der Waals surface area contributed by atoms with Crippen molar-refractivity contribution in [2.45, 2.75) is 23.9 Å². The number of hydrogen-bond donors (Lipinski definition) is 0. The highest BCUT2D eigenvalue weighted by molar-refractivity contribution is 7.89. The van der Waals surface area contributed by atoms with Crippen molar-refractivity contribution in [1.29, 1.82) is 0 Å². The fourth-order valence-corrected chi connectivity index (χ4v) is 4.90. The average molecular weight is 428 g/mol. The third-order valence-electron chi connectivity index (χ3n) is 4.80. The number of amides is 2. The molecule has 30 heavy (non-hydrogen) atoms. The number of benzene rings is 2. The van der Waals surface area contributed by atoms with Gasteiger partial charge in [-0.2, -0.15) is 4.31 Å². The van der Waals surface area contributed by atoms with E-state index < -0.39 is 33.7 Å². The van der Waals surface area contributed by atoms with Gasteiger partial charge in [0.1, 0.15) is 17.6 Å². The smallest absolute Gasteiger partial charge is 0.252 e. The van der Waals surface area contributed by atoms with Crippen molar-refractivity contribution in [2.75, 3.05) is 4.90 Å². The highest BCUT2D eigenvalue weighted by Crippen LogP contribution is 2.30. The molecule has 1 atom stereocenters. The first-order valence-corrected chi connectivity index (χ1v) is 10.5. The minimum absolute atomic E-state index is 0.186. The molecule has 1 saturated heterocycles. The maximum absolute atomic E-state index is 13.3. The Morgan fingerprint density at radius 3 is 2.33 bits per heavy atom. The van der Waals surface area contributed by atoms with Gasteiger partial charge in [0.2, 0.25) is 15.9 Å². The Balaban J connectivity index is 1.74. The Kier molecular flexibility index (Phi) is 5.23. The molecule has 0 spiro atoms. The molecule has 0 saturated carbocycles. The number of para-hydroxylation sites is 1. The van der Waals surface area contributed by atoms with Crippen LogP contribution in [0.4, 0.5) is 10.1 Å². The van der Waals surface area contributed by atoms with Crippen LogP contribution < -0.4 is 4.90 Å². The molecule has 1 aliphatic rings. The van der Waals surface area contributed by atoms with E-state index in [1.165, 1.54) is 6.26 Å². The maximum Gasteiger partial charge on any atom is 0.252 e. The zero-order valence-electron chi connectivity index (χ0n) is 15.6. The largest absolute Gasteiger partial charge is 0.468 e. The van der Waals surface area contributed by atoms with Crippen molar-refractivity contribution in [2.24, 2.45) is 0 Å². The molecule has 0 N–H and O–H groups in total. The summed E-state index contributed by atoms with van der Waals surface area (Å²) in [4.78, 5) is 26.5. The zero-order chi connectivity index (χ0) is 21.3. The molecule has 154 valence electrons. The van der Waals surface area contributed by atoms with E-state index in [4.69, 9.17) is 4.42 Å². The number of hydrogen-bond acceptors (Lipinski definition) is 5. The number of carbonyl (C=O) groups is 2. The van der Waals surface area contributed by atoms with Crippen molar-refractivity contribution < 1.29 is 26.8 Å². The van der Waals surface area contributed by atoms with Gasteiger partial charge in [-0.1, -0.05) is 18.2 Å². The fourth-order valence-electron chi connectivity index (χ4n) is 3.35. The molecule has 0 radical (unpaired) electrons. The van der Waals surface area contributed by atoms with E-state index in [-0.39, 0.29) is 17.9 Å². The van der Waals surface area contributed by atoms with E-state index in [9.17, 15) is 22.4 Å². The topological polar surface area (TPSA) is 87.9 Å². The number of halogens is 1. The summed E-state index contributed by atoms with van der Waals surface area (Å²) in [6.07, 6.45) is 1.07. The van der Waals surface area contributed by atoms with Crippen LogP contribution in [-0.4, -0.2) is 30.6 Å². The molecule has 1 aliphatic heterocycles. The molecule has 1 fully saturated rings. The second kappa shape index (κ2) is 7.85. The Morgan fingerprint density at radius 2 is 1.70 bits per heavy atom. The highest BCUT2D eigenvalue weighted by atomic mass is 32.2. The minimum Gasteiger partial charge on any atom is -0.468 e. The summed E-state index contributed by atoms with van der Waals surface area (Å²) in [6.45, 7) is -0.251. The van der Waals surface area contributed by atoms with Crippen LogP contribution >= 0.6 is 0 Å². The molecular formula is C21H17FN2O5S. The fraction of sp³-hybridized carbons (Fsp3) is 0.143. The van der Waals surface area contributed by atoms with Gasteiger partial charge in [0.25, 0.3) is 5.91 Å². The van der Waals surface area contributed by atoms with Gasteiger partial charge < -0.3 is 4.42 Å². The summed E-state index contributed by atoms with van der Waals surface area (Å²) in [6, 6.07) is 14.5. The van der Waals surface area contributed by atoms with Crippen LogP contribution in [0.3, 0.4) is 0 Å². The molecule has 2 amide bonds. The number of rotatable bonds is 6. The Labute approximate surface area is 172 Å². The van der Waals surface area contributed by atoms with Gasteiger partial charge in [-0.05, 0) is 48.5 Å². The van der Waals surface area contributed by atoms with Crippen LogP contribution in [0.1, 0.15) is 12.2 Å². The van der Waals surface area contributed by atoms with Gasteiger partial charge in [0.05, 0.1) is 29.8 Å². The third-order valence-corrected chi connectivity index (χ3v) is 6.67. The maximum atomic E-state index is 13.3. The lowest BCUT2D eigenvalue weighted by Gasteiger charge is -2.26. The molecule has 1 aromatic heterocycles. The monoisotopic (exact) mass is 428 g/mol. The Bertz CT molecular complexity index is 1160. The van der Waals surface area contributed by atoms with E-state index in [0.717, 1.165) is 33.5 Å². The first kappa shape index (κ1) is 20.0. The lowest BCUT2D eigenvalue weighted by molar-refractivity contribution is -0.122. The van der Waals surface area contributed by atoms with E-state index >= 15 is 0 Å². The van der Waals surface area contributed by atoms with E-state index in [0.29, 0.717) is 11.4 Å². The number of furan rings is 1. The van der Waals surface area contributed by atoms with Gasteiger partial charge in [-0.3, -0.25) is 9.59 Å². The molecule has 2 aromatic carbocycles. The van der Waals surface area contributed by atoms with Crippen LogP contribution in [0.5, 0.6) is 0 Å². The number of nitrogens with zero attached hydrogens (tertiary/aromatic N) is 2. The van der Waals surface area contributed by atoms with Gasteiger partial charge in [-0.25, -0.2) is 17.7 Å². The quantitative estimate of drug-likeness (QED) is 0.564. The van der Waals surface area contributed by atoms with Crippen molar-refractivity contribution >= 4 is 27.5 Å². The Morgan fingerprint density at radius 1 is 1.00 bits per heavy atom. The second-order valence-electron chi connectivity index (χ2n) is 6.71. The van der Waals surface area contributed by atoms with Crippen LogP contribution in [0, 0.1) is 5.82 Å². The summed E-state index contributed by atoms with van der Waals surface area (Å²) in [5.41, 5.74) is 0.368.